The zero-order valence-electron chi connectivity index (χ0n) is 11.9. The Hall–Kier alpha value is -1.07. The number of piperazine rings is 1. The molecule has 0 radical (unpaired) electrons. The predicted molar refractivity (Wildman–Crippen MR) is 75.3 cm³/mol. The van der Waals surface area contributed by atoms with Gasteiger partial charge in [0, 0.05) is 31.7 Å². The maximum absolute atomic E-state index is 5.66. The van der Waals surface area contributed by atoms with E-state index in [0.29, 0.717) is 12.1 Å². The third-order valence-electron chi connectivity index (χ3n) is 4.33. The first-order valence-electron chi connectivity index (χ1n) is 7.37. The van der Waals surface area contributed by atoms with Crippen LogP contribution in [0.15, 0.2) is 10.7 Å². The molecule has 0 spiro atoms. The van der Waals surface area contributed by atoms with Gasteiger partial charge in [0.05, 0.1) is 5.69 Å². The second-order valence-electron chi connectivity index (χ2n) is 5.80. The van der Waals surface area contributed by atoms with Crippen LogP contribution < -0.4 is 10.2 Å². The van der Waals surface area contributed by atoms with E-state index in [1.54, 1.807) is 6.26 Å². The Morgan fingerprint density at radius 2 is 2.32 bits per heavy atom. The van der Waals surface area contributed by atoms with E-state index in [2.05, 4.69) is 27.0 Å². The fourth-order valence-electron chi connectivity index (χ4n) is 3.31. The molecule has 3 heterocycles. The molecular formula is C14H24N4O. The highest BCUT2D eigenvalue weighted by Gasteiger charge is 2.34. The lowest BCUT2D eigenvalue weighted by molar-refractivity contribution is 0.113. The van der Waals surface area contributed by atoms with Crippen molar-refractivity contribution in [2.24, 2.45) is 0 Å². The second kappa shape index (κ2) is 5.51. The number of nitrogens with one attached hydrogen (secondary N) is 1. The van der Waals surface area contributed by atoms with Gasteiger partial charge in [-0.25, -0.2) is 0 Å². The number of rotatable bonds is 3. The molecule has 0 bridgehead atoms. The van der Waals surface area contributed by atoms with E-state index >= 15 is 0 Å². The number of piperidine rings is 1. The molecule has 2 fully saturated rings. The van der Waals surface area contributed by atoms with Crippen LogP contribution in [0.4, 0.5) is 6.01 Å². The number of nitrogens with zero attached hydrogens (tertiary/aromatic N) is 3. The molecule has 2 atom stereocenters. The van der Waals surface area contributed by atoms with Gasteiger partial charge in [-0.2, -0.15) is 4.98 Å². The van der Waals surface area contributed by atoms with Crippen molar-refractivity contribution in [2.75, 3.05) is 31.6 Å². The highest BCUT2D eigenvalue weighted by atomic mass is 16.4. The van der Waals surface area contributed by atoms with Gasteiger partial charge >= 0.3 is 0 Å². The van der Waals surface area contributed by atoms with E-state index in [4.69, 9.17) is 4.42 Å². The molecule has 1 N–H and O–H groups in total. The summed E-state index contributed by atoms with van der Waals surface area (Å²) in [6.07, 6.45) is 5.80. The maximum atomic E-state index is 5.66. The lowest BCUT2D eigenvalue weighted by Gasteiger charge is -2.46. The SMILES string of the molecule is CNCc1coc(N2CC3CCCCN3CC2C)n1. The number of hydrogen-bond donors (Lipinski definition) is 1. The molecule has 0 saturated carbocycles. The Morgan fingerprint density at radius 3 is 3.16 bits per heavy atom. The molecule has 1 aromatic rings. The van der Waals surface area contributed by atoms with Crippen molar-refractivity contribution in [1.29, 1.82) is 0 Å². The first kappa shape index (κ1) is 12.9. The minimum absolute atomic E-state index is 0.482. The Balaban J connectivity index is 1.72. The van der Waals surface area contributed by atoms with E-state index in [9.17, 15) is 0 Å². The lowest BCUT2D eigenvalue weighted by Crippen LogP contribution is -2.59. The molecule has 3 rings (SSSR count). The van der Waals surface area contributed by atoms with Gasteiger partial charge in [0.1, 0.15) is 6.26 Å². The number of anilines is 1. The van der Waals surface area contributed by atoms with Gasteiger partial charge in [0.15, 0.2) is 0 Å². The van der Waals surface area contributed by atoms with E-state index in [0.717, 1.165) is 31.3 Å². The third kappa shape index (κ3) is 2.62. The first-order chi connectivity index (χ1) is 9.28. The molecule has 2 saturated heterocycles. The molecule has 0 aromatic carbocycles. The fraction of sp³-hybridized carbons (Fsp3) is 0.786. The fourth-order valence-corrected chi connectivity index (χ4v) is 3.31. The van der Waals surface area contributed by atoms with Gasteiger partial charge in [-0.1, -0.05) is 6.42 Å². The molecule has 0 amide bonds. The molecule has 2 aliphatic rings. The van der Waals surface area contributed by atoms with Crippen LogP contribution in [0.5, 0.6) is 0 Å². The average molecular weight is 264 g/mol. The normalized spacial score (nSPS) is 28.4. The van der Waals surface area contributed by atoms with Crippen molar-refractivity contribution in [2.45, 2.75) is 44.8 Å². The van der Waals surface area contributed by atoms with Crippen LogP contribution in [0.2, 0.25) is 0 Å². The summed E-state index contributed by atoms with van der Waals surface area (Å²) < 4.78 is 5.66. The van der Waals surface area contributed by atoms with E-state index in [1.165, 1.54) is 25.8 Å². The summed E-state index contributed by atoms with van der Waals surface area (Å²) in [6.45, 7) is 6.49. The van der Waals surface area contributed by atoms with E-state index in [1.807, 2.05) is 7.05 Å². The number of aromatic nitrogens is 1. The highest BCUT2D eigenvalue weighted by Crippen LogP contribution is 2.27. The number of hydrogen-bond acceptors (Lipinski definition) is 5. The largest absolute Gasteiger partial charge is 0.432 e. The van der Waals surface area contributed by atoms with Gasteiger partial charge in [-0.05, 0) is 33.4 Å². The van der Waals surface area contributed by atoms with Crippen LogP contribution in [-0.4, -0.2) is 48.6 Å². The van der Waals surface area contributed by atoms with Crippen LogP contribution in [0, 0.1) is 0 Å². The van der Waals surface area contributed by atoms with Crippen molar-refractivity contribution >= 4 is 6.01 Å². The molecule has 1 aromatic heterocycles. The van der Waals surface area contributed by atoms with Crippen molar-refractivity contribution < 1.29 is 4.42 Å². The van der Waals surface area contributed by atoms with E-state index in [-0.39, 0.29) is 0 Å². The molecule has 2 unspecified atom stereocenters. The quantitative estimate of drug-likeness (QED) is 0.895. The first-order valence-corrected chi connectivity index (χ1v) is 7.37. The minimum Gasteiger partial charge on any atom is -0.432 e. The van der Waals surface area contributed by atoms with Crippen LogP contribution in [0.1, 0.15) is 31.9 Å². The molecule has 2 aliphatic heterocycles. The lowest BCUT2D eigenvalue weighted by atomic mass is 9.97. The van der Waals surface area contributed by atoms with Gasteiger partial charge in [0.25, 0.3) is 6.01 Å². The van der Waals surface area contributed by atoms with Gasteiger partial charge in [0.2, 0.25) is 0 Å². The summed E-state index contributed by atoms with van der Waals surface area (Å²) in [4.78, 5) is 9.57. The standard InChI is InChI=1S/C14H24N4O/c1-11-8-17-6-4-3-5-13(17)9-18(11)14-16-12(7-15-2)10-19-14/h10-11,13,15H,3-9H2,1-2H3. The maximum Gasteiger partial charge on any atom is 0.297 e. The van der Waals surface area contributed by atoms with Gasteiger partial charge < -0.3 is 14.6 Å². The predicted octanol–water partition coefficient (Wildman–Crippen LogP) is 1.46. The smallest absolute Gasteiger partial charge is 0.297 e. The van der Waals surface area contributed by atoms with Crippen molar-refractivity contribution in [3.8, 4) is 0 Å². The Kier molecular flexibility index (Phi) is 3.75. The summed E-state index contributed by atoms with van der Waals surface area (Å²) in [7, 11) is 1.93. The second-order valence-corrected chi connectivity index (χ2v) is 5.80. The molecule has 5 nitrogen and oxygen atoms in total. The highest BCUT2D eigenvalue weighted by molar-refractivity contribution is 5.31. The van der Waals surface area contributed by atoms with Gasteiger partial charge in [-0.3, -0.25) is 4.90 Å². The van der Waals surface area contributed by atoms with Crippen LogP contribution in [0.3, 0.4) is 0 Å². The minimum atomic E-state index is 0.482. The zero-order valence-corrected chi connectivity index (χ0v) is 11.9. The number of oxazole rings is 1. The molecular weight excluding hydrogens is 240 g/mol. The summed E-state index contributed by atoms with van der Waals surface area (Å²) in [5.74, 6) is 0. The van der Waals surface area contributed by atoms with Crippen molar-refractivity contribution in [1.82, 2.24) is 15.2 Å². The van der Waals surface area contributed by atoms with Crippen LogP contribution >= 0.6 is 0 Å². The van der Waals surface area contributed by atoms with Crippen molar-refractivity contribution in [3.05, 3.63) is 12.0 Å². The molecule has 0 aliphatic carbocycles. The summed E-state index contributed by atoms with van der Waals surface area (Å²) in [5, 5.41) is 3.11. The molecule has 5 heteroatoms. The van der Waals surface area contributed by atoms with Crippen LogP contribution in [0.25, 0.3) is 0 Å². The summed E-state index contributed by atoms with van der Waals surface area (Å²) >= 11 is 0. The Morgan fingerprint density at radius 1 is 1.42 bits per heavy atom. The zero-order chi connectivity index (χ0) is 13.2. The summed E-state index contributed by atoms with van der Waals surface area (Å²) in [6, 6.07) is 1.96. The summed E-state index contributed by atoms with van der Waals surface area (Å²) in [5.41, 5.74) is 0.982. The van der Waals surface area contributed by atoms with Crippen molar-refractivity contribution in [3.63, 3.8) is 0 Å². The van der Waals surface area contributed by atoms with Gasteiger partial charge in [-0.15, -0.1) is 0 Å². The van der Waals surface area contributed by atoms with Crippen LogP contribution in [-0.2, 0) is 6.54 Å². The monoisotopic (exact) mass is 264 g/mol. The third-order valence-corrected chi connectivity index (χ3v) is 4.33. The average Bonchev–Trinajstić information content (AvgIpc) is 2.87. The molecule has 19 heavy (non-hydrogen) atoms. The Labute approximate surface area is 115 Å². The molecule has 106 valence electrons. The number of fused-ring (bicyclic) bond motifs is 1. The Bertz CT molecular complexity index is 419. The van der Waals surface area contributed by atoms with E-state index < -0.39 is 0 Å². The topological polar surface area (TPSA) is 44.5 Å².